The Kier molecular flexibility index (Phi) is 4.88. The van der Waals surface area contributed by atoms with Crippen molar-refractivity contribution in [1.29, 1.82) is 0 Å². The van der Waals surface area contributed by atoms with E-state index in [1.807, 2.05) is 30.3 Å². The molecule has 2 saturated heterocycles. The molecule has 2 atom stereocenters. The number of ether oxygens (including phenoxy) is 2. The Bertz CT molecular complexity index is 682. The summed E-state index contributed by atoms with van der Waals surface area (Å²) in [5.74, 6) is 2.81. The predicted octanol–water partition coefficient (Wildman–Crippen LogP) is 3.20. The molecule has 0 radical (unpaired) electrons. The topological polar surface area (TPSA) is 52.4 Å². The molecule has 0 spiro atoms. The van der Waals surface area contributed by atoms with Gasteiger partial charge in [-0.15, -0.1) is 10.2 Å². The molecule has 134 valence electrons. The van der Waals surface area contributed by atoms with Gasteiger partial charge in [0, 0.05) is 13.1 Å². The highest BCUT2D eigenvalue weighted by Gasteiger charge is 2.30. The van der Waals surface area contributed by atoms with Crippen LogP contribution in [0.5, 0.6) is 5.75 Å². The van der Waals surface area contributed by atoms with Gasteiger partial charge in [0.15, 0.2) is 5.82 Å². The van der Waals surface area contributed by atoms with Crippen molar-refractivity contribution in [2.45, 2.75) is 51.4 Å². The van der Waals surface area contributed by atoms with Crippen LogP contribution in [-0.4, -0.2) is 40.6 Å². The molecule has 25 heavy (non-hydrogen) atoms. The molecule has 0 aliphatic carbocycles. The van der Waals surface area contributed by atoms with Crippen LogP contribution in [-0.2, 0) is 11.3 Å². The zero-order valence-electron chi connectivity index (χ0n) is 14.8. The Hall–Kier alpha value is -2.08. The maximum atomic E-state index is 6.05. The first kappa shape index (κ1) is 16.4. The summed E-state index contributed by atoms with van der Waals surface area (Å²) in [4.78, 5) is 2.33. The molecule has 6 nitrogen and oxygen atoms in total. The van der Waals surface area contributed by atoms with Crippen molar-refractivity contribution < 1.29 is 9.47 Å². The average molecular weight is 342 g/mol. The molecule has 1 aromatic heterocycles. The van der Waals surface area contributed by atoms with Gasteiger partial charge in [-0.2, -0.15) is 0 Å². The lowest BCUT2D eigenvalue weighted by Crippen LogP contribution is -2.24. The molecule has 2 aromatic rings. The number of hydrogen-bond donors (Lipinski definition) is 0. The second-order valence-corrected chi connectivity index (χ2v) is 6.88. The predicted molar refractivity (Wildman–Crippen MR) is 95.9 cm³/mol. The van der Waals surface area contributed by atoms with E-state index >= 15 is 0 Å². The highest BCUT2D eigenvalue weighted by molar-refractivity contribution is 5.33. The van der Waals surface area contributed by atoms with E-state index in [4.69, 9.17) is 9.47 Å². The number of rotatable bonds is 6. The number of para-hydroxylation sites is 1. The largest absolute Gasteiger partial charge is 0.492 e. The second-order valence-electron chi connectivity index (χ2n) is 6.88. The Morgan fingerprint density at radius 3 is 2.64 bits per heavy atom. The van der Waals surface area contributed by atoms with E-state index < -0.39 is 0 Å². The van der Waals surface area contributed by atoms with E-state index in [-0.39, 0.29) is 6.10 Å². The Morgan fingerprint density at radius 2 is 1.92 bits per heavy atom. The van der Waals surface area contributed by atoms with E-state index in [2.05, 4.69) is 26.6 Å². The quantitative estimate of drug-likeness (QED) is 0.807. The van der Waals surface area contributed by atoms with E-state index in [0.717, 1.165) is 50.0 Å². The maximum Gasteiger partial charge on any atom is 0.227 e. The van der Waals surface area contributed by atoms with E-state index in [9.17, 15) is 0 Å². The van der Waals surface area contributed by atoms with Crippen LogP contribution in [0.2, 0.25) is 0 Å². The Balaban J connectivity index is 1.51. The fourth-order valence-corrected chi connectivity index (χ4v) is 3.67. The van der Waals surface area contributed by atoms with Gasteiger partial charge in [-0.25, -0.2) is 0 Å². The highest BCUT2D eigenvalue weighted by Crippen LogP contribution is 2.33. The fraction of sp³-hybridized carbons (Fsp3) is 0.579. The second kappa shape index (κ2) is 7.44. The summed E-state index contributed by atoms with van der Waals surface area (Å²) < 4.78 is 14.2. The lowest BCUT2D eigenvalue weighted by Gasteiger charge is -2.20. The van der Waals surface area contributed by atoms with Crippen LogP contribution >= 0.6 is 0 Å². The maximum absolute atomic E-state index is 6.05. The molecule has 0 unspecified atom stereocenters. The van der Waals surface area contributed by atoms with Gasteiger partial charge >= 0.3 is 0 Å². The molecule has 0 bridgehead atoms. The molecule has 2 aliphatic rings. The SMILES string of the molecule is C[C@H]1CC[C@@H](c2nnc(N3CCCC3)n2CCOc2ccccc2)O1. The average Bonchev–Trinajstić information content (AvgIpc) is 3.36. The van der Waals surface area contributed by atoms with Crippen LogP contribution in [0.4, 0.5) is 5.95 Å². The van der Waals surface area contributed by atoms with Gasteiger partial charge < -0.3 is 14.4 Å². The summed E-state index contributed by atoms with van der Waals surface area (Å²) in [6, 6.07) is 9.94. The summed E-state index contributed by atoms with van der Waals surface area (Å²) in [5, 5.41) is 8.99. The lowest BCUT2D eigenvalue weighted by molar-refractivity contribution is 0.0476. The van der Waals surface area contributed by atoms with Crippen LogP contribution in [0.25, 0.3) is 0 Å². The molecular formula is C19H26N4O2. The summed E-state index contributed by atoms with van der Waals surface area (Å²) in [7, 11) is 0. The lowest BCUT2D eigenvalue weighted by atomic mass is 10.2. The molecular weight excluding hydrogens is 316 g/mol. The van der Waals surface area contributed by atoms with Gasteiger partial charge in [-0.3, -0.25) is 4.57 Å². The summed E-state index contributed by atoms with van der Waals surface area (Å²) >= 11 is 0. The smallest absolute Gasteiger partial charge is 0.227 e. The van der Waals surface area contributed by atoms with Gasteiger partial charge in [0.2, 0.25) is 5.95 Å². The first-order valence-corrected chi connectivity index (χ1v) is 9.32. The first-order chi connectivity index (χ1) is 12.3. The van der Waals surface area contributed by atoms with Crippen molar-refractivity contribution in [2.24, 2.45) is 0 Å². The molecule has 1 aromatic carbocycles. The van der Waals surface area contributed by atoms with Crippen molar-refractivity contribution in [3.63, 3.8) is 0 Å². The zero-order chi connectivity index (χ0) is 17.1. The van der Waals surface area contributed by atoms with Gasteiger partial charge in [0.25, 0.3) is 0 Å². The van der Waals surface area contributed by atoms with Crippen LogP contribution in [0.3, 0.4) is 0 Å². The number of anilines is 1. The van der Waals surface area contributed by atoms with E-state index in [0.29, 0.717) is 12.7 Å². The van der Waals surface area contributed by atoms with Crippen LogP contribution < -0.4 is 9.64 Å². The Labute approximate surface area is 148 Å². The standard InChI is InChI=1S/C19H26N4O2/c1-15-9-10-17(25-15)18-20-21-19(22-11-5-6-12-22)23(18)13-14-24-16-7-3-2-4-8-16/h2-4,7-8,15,17H,5-6,9-14H2,1H3/t15-,17-/m0/s1. The summed E-state index contributed by atoms with van der Waals surface area (Å²) in [5.41, 5.74) is 0. The first-order valence-electron chi connectivity index (χ1n) is 9.32. The number of nitrogens with zero attached hydrogens (tertiary/aromatic N) is 4. The van der Waals surface area contributed by atoms with Gasteiger partial charge in [-0.1, -0.05) is 18.2 Å². The minimum absolute atomic E-state index is 0.0515. The van der Waals surface area contributed by atoms with Crippen molar-refractivity contribution in [3.05, 3.63) is 36.2 Å². The van der Waals surface area contributed by atoms with E-state index in [1.54, 1.807) is 0 Å². The molecule has 2 fully saturated rings. The molecule has 0 amide bonds. The molecule has 0 saturated carbocycles. The highest BCUT2D eigenvalue weighted by atomic mass is 16.5. The van der Waals surface area contributed by atoms with E-state index in [1.165, 1.54) is 12.8 Å². The molecule has 0 N–H and O–H groups in total. The third-order valence-electron chi connectivity index (χ3n) is 5.00. The number of aromatic nitrogens is 3. The summed E-state index contributed by atoms with van der Waals surface area (Å²) in [6.07, 6.45) is 4.89. The van der Waals surface area contributed by atoms with Gasteiger partial charge in [0.1, 0.15) is 18.5 Å². The van der Waals surface area contributed by atoms with Crippen LogP contribution in [0, 0.1) is 0 Å². The van der Waals surface area contributed by atoms with Crippen molar-refractivity contribution in [2.75, 3.05) is 24.6 Å². The minimum atomic E-state index is 0.0515. The Morgan fingerprint density at radius 1 is 1.12 bits per heavy atom. The third-order valence-corrected chi connectivity index (χ3v) is 5.00. The van der Waals surface area contributed by atoms with Crippen molar-refractivity contribution in [3.8, 4) is 5.75 Å². The molecule has 2 aliphatic heterocycles. The normalized spacial score (nSPS) is 23.3. The molecule has 6 heteroatoms. The monoisotopic (exact) mass is 342 g/mol. The van der Waals surface area contributed by atoms with Crippen molar-refractivity contribution >= 4 is 5.95 Å². The fourth-order valence-electron chi connectivity index (χ4n) is 3.67. The molecule has 3 heterocycles. The summed E-state index contributed by atoms with van der Waals surface area (Å²) in [6.45, 7) is 5.56. The number of benzene rings is 1. The zero-order valence-corrected chi connectivity index (χ0v) is 14.8. The minimum Gasteiger partial charge on any atom is -0.492 e. The van der Waals surface area contributed by atoms with Crippen LogP contribution in [0.1, 0.15) is 44.5 Å². The molecule has 4 rings (SSSR count). The van der Waals surface area contributed by atoms with Crippen molar-refractivity contribution in [1.82, 2.24) is 14.8 Å². The third kappa shape index (κ3) is 3.63. The number of hydrogen-bond acceptors (Lipinski definition) is 5. The van der Waals surface area contributed by atoms with Gasteiger partial charge in [-0.05, 0) is 44.7 Å². The van der Waals surface area contributed by atoms with Gasteiger partial charge in [0.05, 0.1) is 12.6 Å². The van der Waals surface area contributed by atoms with Crippen LogP contribution in [0.15, 0.2) is 30.3 Å².